The zero-order valence-corrected chi connectivity index (χ0v) is 15.1. The van der Waals surface area contributed by atoms with E-state index < -0.39 is 15.8 Å². The van der Waals surface area contributed by atoms with Crippen LogP contribution in [0.3, 0.4) is 0 Å². The molecule has 1 heterocycles. The summed E-state index contributed by atoms with van der Waals surface area (Å²) in [5.74, 6) is -0.711. The lowest BCUT2D eigenvalue weighted by Crippen LogP contribution is -2.35. The maximum absolute atomic E-state index is 13.1. The summed E-state index contributed by atoms with van der Waals surface area (Å²) in [5.41, 5.74) is 1.08. The van der Waals surface area contributed by atoms with Gasteiger partial charge in [-0.1, -0.05) is 24.6 Å². The number of anilines is 1. The number of carbonyl (C=O) groups is 1. The van der Waals surface area contributed by atoms with Gasteiger partial charge in [-0.15, -0.1) is 0 Å². The fourth-order valence-electron chi connectivity index (χ4n) is 2.99. The third-order valence-corrected chi connectivity index (χ3v) is 6.26. The number of benzene rings is 2. The summed E-state index contributed by atoms with van der Waals surface area (Å²) in [5, 5.41) is 2.62. The molecule has 2 aromatic carbocycles. The second-order valence-corrected chi connectivity index (χ2v) is 8.28. The Bertz CT molecular complexity index is 876. The molecule has 1 amide bonds. The van der Waals surface area contributed by atoms with E-state index in [9.17, 15) is 17.6 Å². The lowest BCUT2D eigenvalue weighted by molar-refractivity contribution is -0.115. The number of hydrogen-bond donors (Lipinski definition) is 1. The van der Waals surface area contributed by atoms with Gasteiger partial charge in [0.15, 0.2) is 0 Å². The predicted octanol–water partition coefficient (Wildman–Crippen LogP) is 3.18. The largest absolute Gasteiger partial charge is 0.326 e. The Morgan fingerprint density at radius 3 is 2.38 bits per heavy atom. The van der Waals surface area contributed by atoms with Gasteiger partial charge in [-0.05, 0) is 48.7 Å². The van der Waals surface area contributed by atoms with E-state index in [1.54, 1.807) is 18.2 Å². The van der Waals surface area contributed by atoms with Gasteiger partial charge in [0.2, 0.25) is 15.9 Å². The lowest BCUT2D eigenvalue weighted by Gasteiger charge is -2.25. The van der Waals surface area contributed by atoms with Crippen LogP contribution in [0.5, 0.6) is 0 Å². The van der Waals surface area contributed by atoms with Gasteiger partial charge in [0.25, 0.3) is 0 Å². The number of hydrogen-bond acceptors (Lipinski definition) is 3. The summed E-state index contributed by atoms with van der Waals surface area (Å²) in [4.78, 5) is 12.3. The van der Waals surface area contributed by atoms with Gasteiger partial charge < -0.3 is 5.32 Å². The Morgan fingerprint density at radius 2 is 1.73 bits per heavy atom. The third kappa shape index (κ3) is 4.47. The van der Waals surface area contributed by atoms with Crippen LogP contribution in [-0.2, 0) is 21.2 Å². The zero-order valence-electron chi connectivity index (χ0n) is 14.3. The molecule has 26 heavy (non-hydrogen) atoms. The van der Waals surface area contributed by atoms with Gasteiger partial charge in [0.05, 0.1) is 11.3 Å². The van der Waals surface area contributed by atoms with E-state index in [4.69, 9.17) is 0 Å². The maximum Gasteiger partial charge on any atom is 0.243 e. The molecule has 7 heteroatoms. The van der Waals surface area contributed by atoms with Crippen LogP contribution in [-0.4, -0.2) is 31.7 Å². The summed E-state index contributed by atoms with van der Waals surface area (Å²) < 4.78 is 39.9. The van der Waals surface area contributed by atoms with E-state index >= 15 is 0 Å². The van der Waals surface area contributed by atoms with Crippen LogP contribution in [0.1, 0.15) is 24.8 Å². The highest BCUT2D eigenvalue weighted by Gasteiger charge is 2.25. The minimum absolute atomic E-state index is 0.0839. The minimum Gasteiger partial charge on any atom is -0.326 e. The molecule has 0 aromatic heterocycles. The fourth-order valence-corrected chi connectivity index (χ4v) is 4.51. The normalized spacial score (nSPS) is 15.6. The fraction of sp³-hybridized carbons (Fsp3) is 0.316. The Hall–Kier alpha value is -2.25. The smallest absolute Gasteiger partial charge is 0.243 e. The monoisotopic (exact) mass is 376 g/mol. The molecule has 138 valence electrons. The molecular formula is C19H21FN2O3S. The molecule has 0 atom stereocenters. The molecule has 0 spiro atoms. The molecule has 1 N–H and O–H groups in total. The predicted molar refractivity (Wildman–Crippen MR) is 97.8 cm³/mol. The highest BCUT2D eigenvalue weighted by molar-refractivity contribution is 7.89. The topological polar surface area (TPSA) is 66.5 Å². The van der Waals surface area contributed by atoms with Crippen molar-refractivity contribution < 1.29 is 17.6 Å². The number of rotatable bonds is 5. The molecular weight excluding hydrogens is 355 g/mol. The van der Waals surface area contributed by atoms with Gasteiger partial charge >= 0.3 is 0 Å². The van der Waals surface area contributed by atoms with E-state index in [2.05, 4.69) is 5.32 Å². The van der Waals surface area contributed by atoms with Gasteiger partial charge in [0, 0.05) is 18.8 Å². The standard InChI is InChI=1S/C19H21FN2O3S/c20-16-5-4-6-17(14-16)21-19(23)13-15-7-9-18(10-8-15)26(24,25)22-11-2-1-3-12-22/h4-10,14H,1-3,11-13H2,(H,21,23). The molecule has 0 saturated carbocycles. The molecule has 0 aliphatic carbocycles. The van der Waals surface area contributed by atoms with Crippen LogP contribution < -0.4 is 5.32 Å². The van der Waals surface area contributed by atoms with Crippen LogP contribution in [0.2, 0.25) is 0 Å². The number of nitrogens with zero attached hydrogens (tertiary/aromatic N) is 1. The summed E-state index contributed by atoms with van der Waals surface area (Å²) in [7, 11) is -3.47. The van der Waals surface area contributed by atoms with Crippen molar-refractivity contribution in [3.63, 3.8) is 0 Å². The number of piperidine rings is 1. The van der Waals surface area contributed by atoms with Crippen molar-refractivity contribution in [2.45, 2.75) is 30.6 Å². The van der Waals surface area contributed by atoms with E-state index in [0.717, 1.165) is 19.3 Å². The first kappa shape index (κ1) is 18.5. The van der Waals surface area contributed by atoms with Crippen molar-refractivity contribution in [1.29, 1.82) is 0 Å². The molecule has 1 aliphatic heterocycles. The molecule has 1 aliphatic rings. The van der Waals surface area contributed by atoms with Gasteiger partial charge in [-0.25, -0.2) is 12.8 Å². The molecule has 5 nitrogen and oxygen atoms in total. The summed E-state index contributed by atoms with van der Waals surface area (Å²) >= 11 is 0. The summed E-state index contributed by atoms with van der Waals surface area (Å²) in [6.07, 6.45) is 2.92. The lowest BCUT2D eigenvalue weighted by atomic mass is 10.1. The molecule has 0 bridgehead atoms. The molecule has 1 fully saturated rings. The van der Waals surface area contributed by atoms with Crippen LogP contribution in [0.25, 0.3) is 0 Å². The van der Waals surface area contributed by atoms with E-state index in [1.165, 1.54) is 34.6 Å². The van der Waals surface area contributed by atoms with E-state index in [-0.39, 0.29) is 17.2 Å². The first-order chi connectivity index (χ1) is 12.4. The number of halogens is 1. The van der Waals surface area contributed by atoms with E-state index in [0.29, 0.717) is 24.3 Å². The highest BCUT2D eigenvalue weighted by Crippen LogP contribution is 2.21. The second kappa shape index (κ2) is 7.97. The average Bonchev–Trinajstić information content (AvgIpc) is 2.63. The quantitative estimate of drug-likeness (QED) is 0.872. The average molecular weight is 376 g/mol. The maximum atomic E-state index is 13.1. The number of nitrogens with one attached hydrogen (secondary N) is 1. The van der Waals surface area contributed by atoms with Crippen LogP contribution in [0.15, 0.2) is 53.4 Å². The van der Waals surface area contributed by atoms with Crippen molar-refractivity contribution in [3.05, 3.63) is 59.9 Å². The van der Waals surface area contributed by atoms with Gasteiger partial charge in [-0.3, -0.25) is 4.79 Å². The van der Waals surface area contributed by atoms with Crippen molar-refractivity contribution >= 4 is 21.6 Å². The second-order valence-electron chi connectivity index (χ2n) is 6.34. The molecule has 0 unspecified atom stereocenters. The molecule has 2 aromatic rings. The van der Waals surface area contributed by atoms with Crippen LogP contribution >= 0.6 is 0 Å². The minimum atomic E-state index is -3.47. The zero-order chi connectivity index (χ0) is 18.6. The third-order valence-electron chi connectivity index (χ3n) is 4.35. The van der Waals surface area contributed by atoms with E-state index in [1.807, 2.05) is 0 Å². The molecule has 1 saturated heterocycles. The Balaban J connectivity index is 1.64. The summed E-state index contributed by atoms with van der Waals surface area (Å²) in [6.45, 7) is 1.11. The number of amides is 1. The van der Waals surface area contributed by atoms with Crippen molar-refractivity contribution in [3.8, 4) is 0 Å². The first-order valence-electron chi connectivity index (χ1n) is 8.60. The number of carbonyl (C=O) groups excluding carboxylic acids is 1. The SMILES string of the molecule is O=C(Cc1ccc(S(=O)(=O)N2CCCCC2)cc1)Nc1cccc(F)c1. The highest BCUT2D eigenvalue weighted by atomic mass is 32.2. The Labute approximate surface area is 152 Å². The molecule has 3 rings (SSSR count). The summed E-state index contributed by atoms with van der Waals surface area (Å²) in [6, 6.07) is 12.0. The first-order valence-corrected chi connectivity index (χ1v) is 10.0. The van der Waals surface area contributed by atoms with Crippen molar-refractivity contribution in [2.24, 2.45) is 0 Å². The van der Waals surface area contributed by atoms with Gasteiger partial charge in [0.1, 0.15) is 5.82 Å². The molecule has 0 radical (unpaired) electrons. The Kier molecular flexibility index (Phi) is 5.68. The van der Waals surface area contributed by atoms with Crippen molar-refractivity contribution in [2.75, 3.05) is 18.4 Å². The van der Waals surface area contributed by atoms with Gasteiger partial charge in [-0.2, -0.15) is 4.31 Å². The number of sulfonamides is 1. The van der Waals surface area contributed by atoms with Crippen LogP contribution in [0.4, 0.5) is 10.1 Å². The van der Waals surface area contributed by atoms with Crippen molar-refractivity contribution in [1.82, 2.24) is 4.31 Å². The van der Waals surface area contributed by atoms with Crippen LogP contribution in [0, 0.1) is 5.82 Å². The Morgan fingerprint density at radius 1 is 1.04 bits per heavy atom.